The lowest BCUT2D eigenvalue weighted by Crippen LogP contribution is -2.33. The van der Waals surface area contributed by atoms with Gasteiger partial charge in [0.05, 0.1) is 5.92 Å². The second-order valence-electron chi connectivity index (χ2n) is 3.87. The van der Waals surface area contributed by atoms with Crippen LogP contribution in [0.15, 0.2) is 0 Å². The Morgan fingerprint density at radius 2 is 1.94 bits per heavy atom. The largest absolute Gasteiger partial charge is 0.428 e. The first-order chi connectivity index (χ1) is 7.74. The molecule has 0 aromatic rings. The van der Waals surface area contributed by atoms with Crippen LogP contribution >= 0.6 is 0 Å². The van der Waals surface area contributed by atoms with Gasteiger partial charge in [-0.15, -0.1) is 0 Å². The number of hydrogen-bond acceptors (Lipinski definition) is 5. The van der Waals surface area contributed by atoms with Crippen molar-refractivity contribution in [1.29, 1.82) is 0 Å². The Bertz CT molecular complexity index is 236. The fourth-order valence-electron chi connectivity index (χ4n) is 1.61. The van der Waals surface area contributed by atoms with Crippen LogP contribution in [0.4, 0.5) is 0 Å². The van der Waals surface area contributed by atoms with E-state index in [1.165, 1.54) is 0 Å². The molecule has 1 aliphatic rings. The topological polar surface area (TPSA) is 64.6 Å². The van der Waals surface area contributed by atoms with Gasteiger partial charge in [0.2, 0.25) is 6.79 Å². The molecule has 1 aliphatic heterocycles. The molecular formula is C11H19NO4. The molecule has 0 aromatic carbocycles. The van der Waals surface area contributed by atoms with E-state index in [2.05, 4.69) is 5.32 Å². The number of hydrogen-bond donors (Lipinski definition) is 1. The fraction of sp³-hybridized carbons (Fsp3) is 0.818. The number of ether oxygens (including phenoxy) is 2. The second kappa shape index (κ2) is 7.22. The summed E-state index contributed by atoms with van der Waals surface area (Å²) < 4.78 is 9.63. The van der Waals surface area contributed by atoms with Crippen molar-refractivity contribution >= 4 is 11.9 Å². The van der Waals surface area contributed by atoms with Crippen LogP contribution in [0.25, 0.3) is 0 Å². The number of piperidine rings is 1. The van der Waals surface area contributed by atoms with Crippen LogP contribution in [0.2, 0.25) is 0 Å². The third-order valence-corrected chi connectivity index (χ3v) is 2.55. The quantitative estimate of drug-likeness (QED) is 0.559. The zero-order valence-electron chi connectivity index (χ0n) is 9.66. The van der Waals surface area contributed by atoms with Crippen molar-refractivity contribution in [2.24, 2.45) is 5.92 Å². The summed E-state index contributed by atoms with van der Waals surface area (Å²) in [5.74, 6) is -0.627. The summed E-state index contributed by atoms with van der Waals surface area (Å²) in [6.07, 6.45) is 2.69. The second-order valence-corrected chi connectivity index (χ2v) is 3.87. The highest BCUT2D eigenvalue weighted by atomic mass is 16.7. The maximum atomic E-state index is 11.5. The lowest BCUT2D eigenvalue weighted by molar-refractivity contribution is -0.170. The first-order valence-electron chi connectivity index (χ1n) is 5.77. The molecule has 0 atom stereocenters. The van der Waals surface area contributed by atoms with Gasteiger partial charge in [0.25, 0.3) is 0 Å². The summed E-state index contributed by atoms with van der Waals surface area (Å²) in [6.45, 7) is 3.33. The molecule has 1 N–H and O–H groups in total. The van der Waals surface area contributed by atoms with Gasteiger partial charge >= 0.3 is 11.9 Å². The van der Waals surface area contributed by atoms with Crippen LogP contribution in [-0.4, -0.2) is 31.8 Å². The molecule has 0 saturated carbocycles. The van der Waals surface area contributed by atoms with Crippen LogP contribution in [0.1, 0.15) is 32.6 Å². The molecule has 0 amide bonds. The van der Waals surface area contributed by atoms with Gasteiger partial charge in [-0.3, -0.25) is 9.59 Å². The zero-order chi connectivity index (χ0) is 11.8. The predicted molar refractivity (Wildman–Crippen MR) is 57.6 cm³/mol. The van der Waals surface area contributed by atoms with Gasteiger partial charge in [-0.25, -0.2) is 0 Å². The number of esters is 2. The minimum atomic E-state index is -0.319. The molecule has 1 rings (SSSR count). The van der Waals surface area contributed by atoms with E-state index >= 15 is 0 Å². The van der Waals surface area contributed by atoms with Gasteiger partial charge in [-0.2, -0.15) is 0 Å². The van der Waals surface area contributed by atoms with Gasteiger partial charge in [-0.1, -0.05) is 6.92 Å². The van der Waals surface area contributed by atoms with Crippen molar-refractivity contribution in [3.8, 4) is 0 Å². The summed E-state index contributed by atoms with van der Waals surface area (Å²) in [5, 5.41) is 3.17. The third kappa shape index (κ3) is 4.61. The summed E-state index contributed by atoms with van der Waals surface area (Å²) in [7, 11) is 0. The molecule has 5 nitrogen and oxygen atoms in total. The first kappa shape index (κ1) is 13.0. The Hall–Kier alpha value is -1.10. The minimum absolute atomic E-state index is 0.0499. The van der Waals surface area contributed by atoms with E-state index in [0.29, 0.717) is 6.42 Å². The van der Waals surface area contributed by atoms with E-state index in [9.17, 15) is 9.59 Å². The van der Waals surface area contributed by atoms with Crippen LogP contribution < -0.4 is 5.32 Å². The van der Waals surface area contributed by atoms with E-state index in [1.807, 2.05) is 6.92 Å². The highest BCUT2D eigenvalue weighted by Crippen LogP contribution is 2.13. The lowest BCUT2D eigenvalue weighted by Gasteiger charge is -2.20. The molecule has 1 heterocycles. The van der Waals surface area contributed by atoms with Crippen molar-refractivity contribution in [2.75, 3.05) is 19.9 Å². The Balaban J connectivity index is 2.12. The molecule has 0 aliphatic carbocycles. The SMILES string of the molecule is CCCC(=O)OCOC(=O)C1CCNCC1. The van der Waals surface area contributed by atoms with Crippen LogP contribution in [0.5, 0.6) is 0 Å². The number of rotatable bonds is 5. The van der Waals surface area contributed by atoms with Crippen molar-refractivity contribution < 1.29 is 19.1 Å². The average Bonchev–Trinajstić information content (AvgIpc) is 2.30. The van der Waals surface area contributed by atoms with Crippen LogP contribution in [-0.2, 0) is 19.1 Å². The van der Waals surface area contributed by atoms with Gasteiger partial charge in [0.15, 0.2) is 0 Å². The maximum Gasteiger partial charge on any atom is 0.311 e. The molecule has 0 spiro atoms. The Labute approximate surface area is 95.5 Å². The standard InChI is InChI=1S/C11H19NO4/c1-2-3-10(13)15-8-16-11(14)9-4-6-12-7-5-9/h9,12H,2-8H2,1H3. The van der Waals surface area contributed by atoms with Crippen LogP contribution in [0, 0.1) is 5.92 Å². The monoisotopic (exact) mass is 229 g/mol. The smallest absolute Gasteiger partial charge is 0.311 e. The van der Waals surface area contributed by atoms with Crippen molar-refractivity contribution in [3.05, 3.63) is 0 Å². The Morgan fingerprint density at radius 3 is 2.56 bits per heavy atom. The highest BCUT2D eigenvalue weighted by Gasteiger charge is 2.22. The minimum Gasteiger partial charge on any atom is -0.428 e. The van der Waals surface area contributed by atoms with Crippen molar-refractivity contribution in [3.63, 3.8) is 0 Å². The first-order valence-corrected chi connectivity index (χ1v) is 5.77. The van der Waals surface area contributed by atoms with Gasteiger partial charge in [0, 0.05) is 6.42 Å². The molecule has 16 heavy (non-hydrogen) atoms. The summed E-state index contributed by atoms with van der Waals surface area (Å²) in [6, 6.07) is 0. The van der Waals surface area contributed by atoms with E-state index < -0.39 is 0 Å². The highest BCUT2D eigenvalue weighted by molar-refractivity contribution is 5.73. The molecule has 0 bridgehead atoms. The third-order valence-electron chi connectivity index (χ3n) is 2.55. The average molecular weight is 229 g/mol. The molecule has 0 radical (unpaired) electrons. The molecule has 0 unspecified atom stereocenters. The Morgan fingerprint density at radius 1 is 1.25 bits per heavy atom. The normalized spacial score (nSPS) is 16.8. The summed E-state index contributed by atoms with van der Waals surface area (Å²) >= 11 is 0. The Kier molecular flexibility index (Phi) is 5.85. The van der Waals surface area contributed by atoms with E-state index in [0.717, 1.165) is 32.4 Å². The van der Waals surface area contributed by atoms with Crippen LogP contribution in [0.3, 0.4) is 0 Å². The summed E-state index contributed by atoms with van der Waals surface area (Å²) in [4.78, 5) is 22.5. The van der Waals surface area contributed by atoms with E-state index in [4.69, 9.17) is 9.47 Å². The zero-order valence-corrected chi connectivity index (χ0v) is 9.66. The van der Waals surface area contributed by atoms with Gasteiger partial charge in [0.1, 0.15) is 0 Å². The molecule has 92 valence electrons. The maximum absolute atomic E-state index is 11.5. The van der Waals surface area contributed by atoms with Gasteiger partial charge < -0.3 is 14.8 Å². The molecule has 1 saturated heterocycles. The number of carbonyl (C=O) groups is 2. The van der Waals surface area contributed by atoms with E-state index in [1.54, 1.807) is 0 Å². The number of nitrogens with one attached hydrogen (secondary N) is 1. The predicted octanol–water partition coefficient (Wildman–Crippen LogP) is 0.830. The molecule has 5 heteroatoms. The summed E-state index contributed by atoms with van der Waals surface area (Å²) in [5.41, 5.74) is 0. The fourth-order valence-corrected chi connectivity index (χ4v) is 1.61. The number of carbonyl (C=O) groups excluding carboxylic acids is 2. The lowest BCUT2D eigenvalue weighted by atomic mass is 9.99. The van der Waals surface area contributed by atoms with Gasteiger partial charge in [-0.05, 0) is 32.4 Å². The van der Waals surface area contributed by atoms with Crippen molar-refractivity contribution in [2.45, 2.75) is 32.6 Å². The molecular weight excluding hydrogens is 210 g/mol. The van der Waals surface area contributed by atoms with Crippen molar-refractivity contribution in [1.82, 2.24) is 5.32 Å². The molecule has 1 fully saturated rings. The molecule has 0 aromatic heterocycles. The van der Waals surface area contributed by atoms with E-state index in [-0.39, 0.29) is 24.6 Å².